The van der Waals surface area contributed by atoms with Crippen molar-refractivity contribution >= 4 is 30.7 Å². The van der Waals surface area contributed by atoms with Crippen LogP contribution in [-0.4, -0.2) is 55.1 Å². The third-order valence-corrected chi connectivity index (χ3v) is 14.5. The predicted molar refractivity (Wildman–Crippen MR) is 188 cm³/mol. The van der Waals surface area contributed by atoms with Gasteiger partial charge in [-0.05, 0) is 39.9 Å². The first-order chi connectivity index (χ1) is 22.4. The van der Waals surface area contributed by atoms with Crippen LogP contribution < -0.4 is 15.7 Å². The van der Waals surface area contributed by atoms with Crippen LogP contribution in [0.15, 0.2) is 121 Å². The zero-order valence-electron chi connectivity index (χ0n) is 28.1. The summed E-state index contributed by atoms with van der Waals surface area (Å²) in [7, 11) is -1.41. The zero-order chi connectivity index (χ0) is 33.8. The average Bonchev–Trinajstić information content (AvgIpc) is 3.40. The van der Waals surface area contributed by atoms with Crippen molar-refractivity contribution < 1.29 is 23.9 Å². The van der Waals surface area contributed by atoms with E-state index in [1.54, 1.807) is 14.0 Å². The molecule has 5 atom stereocenters. The summed E-state index contributed by atoms with van der Waals surface area (Å²) in [6.45, 7) is 10.4. The molecule has 0 radical (unpaired) electrons. The fraction of sp³-hybridized carbons (Fsp3) is 0.333. The molecule has 1 saturated heterocycles. The monoisotopic (exact) mass is 650 g/mol. The summed E-state index contributed by atoms with van der Waals surface area (Å²) in [6, 6.07) is 37.5. The molecule has 0 bridgehead atoms. The second-order valence-corrected chi connectivity index (χ2v) is 17.7. The fourth-order valence-corrected chi connectivity index (χ4v) is 11.9. The Morgan fingerprint density at radius 2 is 1.32 bits per heavy atom. The Kier molecular flexibility index (Phi) is 10.1. The van der Waals surface area contributed by atoms with Crippen LogP contribution in [0, 0.1) is 0 Å². The molecule has 0 unspecified atom stereocenters. The second kappa shape index (κ2) is 13.9. The number of carbonyl (C=O) groups excluding carboxylic acids is 2. The van der Waals surface area contributed by atoms with Crippen molar-refractivity contribution in [3.8, 4) is 0 Å². The van der Waals surface area contributed by atoms with Gasteiger partial charge in [-0.25, -0.2) is 4.79 Å². The van der Waals surface area contributed by atoms with Crippen molar-refractivity contribution in [3.05, 3.63) is 132 Å². The quantitative estimate of drug-likeness (QED) is 0.191. The summed E-state index contributed by atoms with van der Waals surface area (Å²) in [5, 5.41) is 16.4. The molecule has 1 aliphatic rings. The van der Waals surface area contributed by atoms with Gasteiger partial charge in [0.15, 0.2) is 11.6 Å². The van der Waals surface area contributed by atoms with Gasteiger partial charge in [0, 0.05) is 7.05 Å². The Morgan fingerprint density at radius 3 is 1.77 bits per heavy atom. The normalized spacial score (nSPS) is 20.1. The van der Waals surface area contributed by atoms with E-state index in [2.05, 4.69) is 50.4 Å². The first-order valence-electron chi connectivity index (χ1n) is 16.3. The SMILES string of the molecule is CC[C@@H](O[Si](c1ccccc1)(c1ccccc1)C(C)(C)C)[C@@]1(C)OC(=O)N[C@@H]1C(=O)N(C)[C@H](c1ccccc1)[C@@H](O)c1ccccc1. The number of alkyl carbamates (subject to hydrolysis) is 1. The number of carbonyl (C=O) groups is 2. The maximum absolute atomic E-state index is 14.7. The minimum Gasteiger partial charge on any atom is -0.438 e. The summed E-state index contributed by atoms with van der Waals surface area (Å²) in [5.41, 5.74) is 0.0857. The molecule has 7 nitrogen and oxygen atoms in total. The topological polar surface area (TPSA) is 88.1 Å². The van der Waals surface area contributed by atoms with Crippen LogP contribution in [0.2, 0.25) is 5.04 Å². The third-order valence-electron chi connectivity index (χ3n) is 9.49. The summed E-state index contributed by atoms with van der Waals surface area (Å²) < 4.78 is 13.6. The highest BCUT2D eigenvalue weighted by atomic mass is 28.4. The molecule has 1 fully saturated rings. The number of hydrogen-bond donors (Lipinski definition) is 2. The number of ether oxygens (including phenoxy) is 1. The molecule has 0 saturated carbocycles. The Labute approximate surface area is 279 Å². The van der Waals surface area contributed by atoms with Gasteiger partial charge >= 0.3 is 6.09 Å². The van der Waals surface area contributed by atoms with Gasteiger partial charge in [0.1, 0.15) is 6.10 Å². The Hall–Kier alpha value is -4.24. The molecule has 0 aromatic heterocycles. The molecule has 1 heterocycles. The molecular weight excluding hydrogens is 605 g/mol. The molecule has 47 heavy (non-hydrogen) atoms. The molecule has 246 valence electrons. The van der Waals surface area contributed by atoms with Gasteiger partial charge in [-0.1, -0.05) is 149 Å². The van der Waals surface area contributed by atoms with E-state index in [-0.39, 0.29) is 10.9 Å². The molecule has 2 amide bonds. The van der Waals surface area contributed by atoms with E-state index < -0.39 is 44.3 Å². The van der Waals surface area contributed by atoms with Gasteiger partial charge < -0.3 is 24.5 Å². The van der Waals surface area contributed by atoms with Gasteiger partial charge in [-0.15, -0.1) is 0 Å². The maximum Gasteiger partial charge on any atom is 0.408 e. The summed E-state index contributed by atoms with van der Waals surface area (Å²) >= 11 is 0. The van der Waals surface area contributed by atoms with Crippen molar-refractivity contribution in [2.24, 2.45) is 0 Å². The molecule has 4 aromatic rings. The Bertz CT molecular complexity index is 1590. The van der Waals surface area contributed by atoms with E-state index in [4.69, 9.17) is 9.16 Å². The number of benzene rings is 4. The standard InChI is InChI=1S/C39H46N2O5Si/c1-7-32(46-47(38(2,3)4,30-24-16-10-17-25-30)31-26-18-11-19-27-31)39(5)35(40-37(44)45-39)36(43)41(6)33(28-20-12-8-13-21-28)34(42)29-22-14-9-15-23-29/h8-27,32-35,42H,7H2,1-6H3,(H,40,44)/t32-,33-,34+,35-,39-/m1/s1. The Morgan fingerprint density at radius 1 is 0.872 bits per heavy atom. The lowest BCUT2D eigenvalue weighted by molar-refractivity contribution is -0.144. The fourth-order valence-electron chi connectivity index (χ4n) is 7.06. The van der Waals surface area contributed by atoms with Crippen molar-refractivity contribution in [2.45, 2.75) is 76.0 Å². The Balaban J connectivity index is 1.57. The molecule has 5 rings (SSSR count). The van der Waals surface area contributed by atoms with Crippen LogP contribution in [0.4, 0.5) is 4.79 Å². The number of cyclic esters (lactones) is 1. The molecule has 0 spiro atoms. The van der Waals surface area contributed by atoms with Crippen molar-refractivity contribution in [2.75, 3.05) is 7.05 Å². The van der Waals surface area contributed by atoms with Crippen molar-refractivity contribution in [3.63, 3.8) is 0 Å². The van der Waals surface area contributed by atoms with Gasteiger partial charge in [0.2, 0.25) is 5.91 Å². The number of aliphatic hydroxyl groups is 1. The van der Waals surface area contributed by atoms with E-state index in [9.17, 15) is 14.7 Å². The largest absolute Gasteiger partial charge is 0.438 e. The van der Waals surface area contributed by atoms with E-state index >= 15 is 0 Å². The maximum atomic E-state index is 14.7. The lowest BCUT2D eigenvalue weighted by Crippen LogP contribution is -2.70. The van der Waals surface area contributed by atoms with Gasteiger partial charge in [-0.3, -0.25) is 4.79 Å². The van der Waals surface area contributed by atoms with Crippen molar-refractivity contribution in [1.29, 1.82) is 0 Å². The van der Waals surface area contributed by atoms with Crippen molar-refractivity contribution in [1.82, 2.24) is 10.2 Å². The number of amides is 2. The number of nitrogens with one attached hydrogen (secondary N) is 1. The molecule has 4 aromatic carbocycles. The minimum atomic E-state index is -3.08. The van der Waals surface area contributed by atoms with Gasteiger partial charge in [-0.2, -0.15) is 0 Å². The van der Waals surface area contributed by atoms with Crippen LogP contribution in [0.1, 0.15) is 64.3 Å². The van der Waals surface area contributed by atoms with Crippen LogP contribution in [0.25, 0.3) is 0 Å². The first kappa shape index (κ1) is 34.1. The average molecular weight is 651 g/mol. The second-order valence-electron chi connectivity index (χ2n) is 13.5. The highest BCUT2D eigenvalue weighted by Crippen LogP contribution is 2.42. The number of nitrogens with zero attached hydrogens (tertiary/aromatic N) is 1. The number of aliphatic hydroxyl groups excluding tert-OH is 1. The number of likely N-dealkylation sites (N-methyl/N-ethyl adjacent to an activating group) is 1. The molecular formula is C39H46N2O5Si. The minimum absolute atomic E-state index is 0.329. The van der Waals surface area contributed by atoms with Crippen LogP contribution >= 0.6 is 0 Å². The van der Waals surface area contributed by atoms with E-state index in [1.165, 1.54) is 4.90 Å². The first-order valence-corrected chi connectivity index (χ1v) is 18.2. The molecule has 8 heteroatoms. The number of hydrogen-bond acceptors (Lipinski definition) is 5. The predicted octanol–water partition coefficient (Wildman–Crippen LogP) is 6.14. The summed E-state index contributed by atoms with van der Waals surface area (Å²) in [4.78, 5) is 29.3. The van der Waals surface area contributed by atoms with E-state index in [1.807, 2.05) is 104 Å². The number of rotatable bonds is 11. The highest BCUT2D eigenvalue weighted by Gasteiger charge is 2.60. The summed E-state index contributed by atoms with van der Waals surface area (Å²) in [5.74, 6) is -0.383. The van der Waals surface area contributed by atoms with Crippen LogP contribution in [-0.2, 0) is 14.0 Å². The smallest absolute Gasteiger partial charge is 0.408 e. The highest BCUT2D eigenvalue weighted by molar-refractivity contribution is 6.99. The lowest BCUT2D eigenvalue weighted by atomic mass is 9.87. The molecule has 1 aliphatic heterocycles. The van der Waals surface area contributed by atoms with E-state index in [0.29, 0.717) is 12.0 Å². The lowest BCUT2D eigenvalue weighted by Gasteiger charge is -2.48. The third kappa shape index (κ3) is 6.50. The summed E-state index contributed by atoms with van der Waals surface area (Å²) in [6.07, 6.45) is -1.86. The molecule has 0 aliphatic carbocycles. The van der Waals surface area contributed by atoms with Crippen LogP contribution in [0.5, 0.6) is 0 Å². The molecule has 2 N–H and O–H groups in total. The van der Waals surface area contributed by atoms with Gasteiger partial charge in [0.05, 0.1) is 12.1 Å². The van der Waals surface area contributed by atoms with Gasteiger partial charge in [0.25, 0.3) is 8.32 Å². The van der Waals surface area contributed by atoms with Crippen LogP contribution in [0.3, 0.4) is 0 Å². The van der Waals surface area contributed by atoms with E-state index in [0.717, 1.165) is 15.9 Å². The zero-order valence-corrected chi connectivity index (χ0v) is 29.1.